The molecule has 1 atom stereocenters. The van der Waals surface area contributed by atoms with Gasteiger partial charge in [-0.05, 0) is 26.1 Å². The molecule has 1 fully saturated rings. The minimum Gasteiger partial charge on any atom is -0.304 e. The maximum absolute atomic E-state index is 4.47. The van der Waals surface area contributed by atoms with Gasteiger partial charge in [0.25, 0.3) is 0 Å². The van der Waals surface area contributed by atoms with Crippen LogP contribution < -0.4 is 0 Å². The van der Waals surface area contributed by atoms with Gasteiger partial charge in [0, 0.05) is 36.3 Å². The van der Waals surface area contributed by atoms with Gasteiger partial charge >= 0.3 is 0 Å². The molecular formula is C13H16N4. The number of hydrogen-bond acceptors (Lipinski definition) is 3. The van der Waals surface area contributed by atoms with Gasteiger partial charge in [-0.2, -0.15) is 5.10 Å². The molecule has 0 amide bonds. The summed E-state index contributed by atoms with van der Waals surface area (Å²) in [5, 5.41) is 4.47. The molecule has 17 heavy (non-hydrogen) atoms. The Bertz CT molecular complexity index is 491. The second-order valence-electron chi connectivity index (χ2n) is 4.66. The Morgan fingerprint density at radius 1 is 1.29 bits per heavy atom. The molecule has 1 unspecified atom stereocenters. The topological polar surface area (TPSA) is 34.0 Å². The van der Waals surface area contributed by atoms with E-state index in [0.717, 1.165) is 24.2 Å². The van der Waals surface area contributed by atoms with E-state index in [2.05, 4.69) is 39.0 Å². The number of pyridine rings is 1. The van der Waals surface area contributed by atoms with Crippen molar-refractivity contribution < 1.29 is 0 Å². The van der Waals surface area contributed by atoms with E-state index >= 15 is 0 Å². The molecule has 0 saturated carbocycles. The van der Waals surface area contributed by atoms with Crippen LogP contribution in [0, 0.1) is 0 Å². The SMILES string of the molecule is CN1CCC(n2cc(-c3cccnc3)cn2)C1. The van der Waals surface area contributed by atoms with Gasteiger partial charge in [-0.15, -0.1) is 0 Å². The molecule has 3 rings (SSSR count). The summed E-state index contributed by atoms with van der Waals surface area (Å²) in [6, 6.07) is 4.54. The molecule has 4 heteroatoms. The van der Waals surface area contributed by atoms with Gasteiger partial charge in [-0.25, -0.2) is 0 Å². The molecule has 1 saturated heterocycles. The van der Waals surface area contributed by atoms with Crippen molar-refractivity contribution in [2.24, 2.45) is 0 Å². The van der Waals surface area contributed by atoms with Gasteiger partial charge in [-0.3, -0.25) is 9.67 Å². The van der Waals surface area contributed by atoms with E-state index < -0.39 is 0 Å². The van der Waals surface area contributed by atoms with Crippen LogP contribution in [0.15, 0.2) is 36.9 Å². The van der Waals surface area contributed by atoms with E-state index in [1.165, 1.54) is 6.42 Å². The molecule has 1 aliphatic rings. The molecule has 0 aliphatic carbocycles. The minimum absolute atomic E-state index is 0.519. The summed E-state index contributed by atoms with van der Waals surface area (Å²) >= 11 is 0. The number of rotatable bonds is 2. The van der Waals surface area contributed by atoms with Crippen molar-refractivity contribution >= 4 is 0 Å². The summed E-state index contributed by atoms with van der Waals surface area (Å²) in [6.07, 6.45) is 8.91. The van der Waals surface area contributed by atoms with Crippen LogP contribution in [0.1, 0.15) is 12.5 Å². The second kappa shape index (κ2) is 4.30. The predicted molar refractivity (Wildman–Crippen MR) is 66.6 cm³/mol. The number of nitrogens with zero attached hydrogens (tertiary/aromatic N) is 4. The maximum atomic E-state index is 4.47. The van der Waals surface area contributed by atoms with Crippen LogP contribution in [0.2, 0.25) is 0 Å². The molecular weight excluding hydrogens is 212 g/mol. The lowest BCUT2D eigenvalue weighted by Gasteiger charge is -2.10. The fourth-order valence-electron chi connectivity index (χ4n) is 2.35. The zero-order valence-electron chi connectivity index (χ0n) is 9.95. The van der Waals surface area contributed by atoms with Crippen molar-refractivity contribution in [1.82, 2.24) is 19.7 Å². The maximum Gasteiger partial charge on any atom is 0.0658 e. The van der Waals surface area contributed by atoms with Crippen molar-refractivity contribution in [3.05, 3.63) is 36.9 Å². The van der Waals surface area contributed by atoms with Crippen LogP contribution in [-0.4, -0.2) is 39.8 Å². The predicted octanol–water partition coefficient (Wildman–Crippen LogP) is 1.82. The molecule has 2 aromatic rings. The number of likely N-dealkylation sites (tertiary alicyclic amines) is 1. The van der Waals surface area contributed by atoms with Gasteiger partial charge in [0.15, 0.2) is 0 Å². The van der Waals surface area contributed by atoms with Crippen LogP contribution in [0.5, 0.6) is 0 Å². The van der Waals surface area contributed by atoms with Crippen LogP contribution in [0.25, 0.3) is 11.1 Å². The summed E-state index contributed by atoms with van der Waals surface area (Å²) in [6.45, 7) is 2.25. The molecule has 0 radical (unpaired) electrons. The molecule has 2 aromatic heterocycles. The number of likely N-dealkylation sites (N-methyl/N-ethyl adjacent to an activating group) is 1. The van der Waals surface area contributed by atoms with Crippen LogP contribution >= 0.6 is 0 Å². The number of hydrogen-bond donors (Lipinski definition) is 0. The fraction of sp³-hybridized carbons (Fsp3) is 0.385. The molecule has 0 aromatic carbocycles. The molecule has 4 nitrogen and oxygen atoms in total. The first-order valence-corrected chi connectivity index (χ1v) is 5.96. The van der Waals surface area contributed by atoms with Crippen molar-refractivity contribution in [2.75, 3.05) is 20.1 Å². The normalized spacial score (nSPS) is 20.9. The second-order valence-corrected chi connectivity index (χ2v) is 4.66. The Kier molecular flexibility index (Phi) is 2.65. The summed E-state index contributed by atoms with van der Waals surface area (Å²) in [5.41, 5.74) is 2.28. The quantitative estimate of drug-likeness (QED) is 0.786. The Hall–Kier alpha value is -1.68. The molecule has 3 heterocycles. The van der Waals surface area contributed by atoms with Gasteiger partial charge in [-0.1, -0.05) is 6.07 Å². The van der Waals surface area contributed by atoms with E-state index in [9.17, 15) is 0 Å². The average molecular weight is 228 g/mol. The van der Waals surface area contributed by atoms with Gasteiger partial charge in [0.05, 0.1) is 12.2 Å². The van der Waals surface area contributed by atoms with E-state index in [-0.39, 0.29) is 0 Å². The zero-order chi connectivity index (χ0) is 11.7. The highest BCUT2D eigenvalue weighted by Crippen LogP contribution is 2.23. The van der Waals surface area contributed by atoms with Crippen LogP contribution in [-0.2, 0) is 0 Å². The lowest BCUT2D eigenvalue weighted by Crippen LogP contribution is -2.16. The van der Waals surface area contributed by atoms with Gasteiger partial charge < -0.3 is 4.90 Å². The molecule has 1 aliphatic heterocycles. The molecule has 0 bridgehead atoms. The Labute approximate surface area is 101 Å². The van der Waals surface area contributed by atoms with E-state index in [1.54, 1.807) is 6.20 Å². The highest BCUT2D eigenvalue weighted by Gasteiger charge is 2.21. The van der Waals surface area contributed by atoms with Crippen molar-refractivity contribution in [2.45, 2.75) is 12.5 Å². The van der Waals surface area contributed by atoms with E-state index in [1.807, 2.05) is 18.5 Å². The number of aromatic nitrogens is 3. The monoisotopic (exact) mass is 228 g/mol. The highest BCUT2D eigenvalue weighted by atomic mass is 15.3. The van der Waals surface area contributed by atoms with E-state index in [4.69, 9.17) is 0 Å². The third-order valence-corrected chi connectivity index (χ3v) is 3.34. The van der Waals surface area contributed by atoms with Gasteiger partial charge in [0.2, 0.25) is 0 Å². The van der Waals surface area contributed by atoms with Crippen LogP contribution in [0.4, 0.5) is 0 Å². The Balaban J connectivity index is 1.84. The molecule has 0 N–H and O–H groups in total. The van der Waals surface area contributed by atoms with Crippen molar-refractivity contribution in [1.29, 1.82) is 0 Å². The average Bonchev–Trinajstić information content (AvgIpc) is 2.98. The summed E-state index contributed by atoms with van der Waals surface area (Å²) in [4.78, 5) is 6.48. The lowest BCUT2D eigenvalue weighted by atomic mass is 10.2. The summed E-state index contributed by atoms with van der Waals surface area (Å²) in [7, 11) is 2.16. The minimum atomic E-state index is 0.519. The molecule has 88 valence electrons. The third kappa shape index (κ3) is 2.08. The van der Waals surface area contributed by atoms with Crippen molar-refractivity contribution in [3.8, 4) is 11.1 Å². The van der Waals surface area contributed by atoms with Crippen LogP contribution in [0.3, 0.4) is 0 Å². The standard InChI is InChI=1S/C13H16N4/c1-16-6-4-13(10-16)17-9-12(8-15-17)11-3-2-5-14-7-11/h2-3,5,7-9,13H,4,6,10H2,1H3. The van der Waals surface area contributed by atoms with E-state index in [0.29, 0.717) is 6.04 Å². The fourth-order valence-corrected chi connectivity index (χ4v) is 2.35. The van der Waals surface area contributed by atoms with Crippen molar-refractivity contribution in [3.63, 3.8) is 0 Å². The first kappa shape index (κ1) is 10.5. The largest absolute Gasteiger partial charge is 0.304 e. The zero-order valence-corrected chi connectivity index (χ0v) is 9.95. The first-order valence-electron chi connectivity index (χ1n) is 5.96. The Morgan fingerprint density at radius 3 is 2.94 bits per heavy atom. The smallest absolute Gasteiger partial charge is 0.0658 e. The van der Waals surface area contributed by atoms with Gasteiger partial charge in [0.1, 0.15) is 0 Å². The first-order chi connectivity index (χ1) is 8.33. The molecule has 0 spiro atoms. The Morgan fingerprint density at radius 2 is 2.24 bits per heavy atom. The lowest BCUT2D eigenvalue weighted by molar-refractivity contribution is 0.382. The summed E-state index contributed by atoms with van der Waals surface area (Å²) < 4.78 is 2.09. The summed E-state index contributed by atoms with van der Waals surface area (Å²) in [5.74, 6) is 0. The third-order valence-electron chi connectivity index (χ3n) is 3.34. The highest BCUT2D eigenvalue weighted by molar-refractivity contribution is 5.60.